The van der Waals surface area contributed by atoms with Crippen LogP contribution in [0.15, 0.2) is 17.1 Å². The Kier molecular flexibility index (Phi) is 3.71. The van der Waals surface area contributed by atoms with Gasteiger partial charge in [0.25, 0.3) is 0 Å². The standard InChI is InChI=1S/C11H13N3O5/c1-2-18-5-6-8(15)9(16)10(19-6)14-4-3-7(12)13-11(14)17/h1,3-4,6,8-10,15-16H,5H2,(H2,12,13,17)/t6-,8-,9+,10-/m1/s1. The summed E-state index contributed by atoms with van der Waals surface area (Å²) in [4.78, 5) is 15.1. The van der Waals surface area contributed by atoms with E-state index in [1.54, 1.807) is 0 Å². The number of anilines is 1. The third-order valence-electron chi connectivity index (χ3n) is 2.79. The van der Waals surface area contributed by atoms with E-state index in [0.717, 1.165) is 4.57 Å². The van der Waals surface area contributed by atoms with Gasteiger partial charge in [-0.15, -0.1) is 0 Å². The Morgan fingerprint density at radius 2 is 2.32 bits per heavy atom. The molecule has 8 heteroatoms. The summed E-state index contributed by atoms with van der Waals surface area (Å²) >= 11 is 0. The maximum atomic E-state index is 11.6. The van der Waals surface area contributed by atoms with Gasteiger partial charge in [-0.1, -0.05) is 6.42 Å². The molecule has 1 fully saturated rings. The van der Waals surface area contributed by atoms with Crippen LogP contribution in [0.1, 0.15) is 6.23 Å². The average molecular weight is 267 g/mol. The molecule has 0 saturated carbocycles. The van der Waals surface area contributed by atoms with Gasteiger partial charge in [0.15, 0.2) is 6.23 Å². The van der Waals surface area contributed by atoms with Crippen molar-refractivity contribution in [2.24, 2.45) is 0 Å². The number of hydrogen-bond acceptors (Lipinski definition) is 7. The first-order valence-electron chi connectivity index (χ1n) is 5.48. The Labute approximate surface area is 108 Å². The van der Waals surface area contributed by atoms with E-state index in [4.69, 9.17) is 16.9 Å². The normalized spacial score (nSPS) is 29.9. The molecule has 1 aliphatic rings. The van der Waals surface area contributed by atoms with E-state index < -0.39 is 30.2 Å². The minimum Gasteiger partial charge on any atom is -0.444 e. The van der Waals surface area contributed by atoms with Gasteiger partial charge in [0, 0.05) is 6.20 Å². The largest absolute Gasteiger partial charge is 0.444 e. The maximum Gasteiger partial charge on any atom is 0.351 e. The summed E-state index contributed by atoms with van der Waals surface area (Å²) in [5.74, 6) is 0.0569. The summed E-state index contributed by atoms with van der Waals surface area (Å²) in [6, 6.07) is 1.38. The molecule has 1 saturated heterocycles. The smallest absolute Gasteiger partial charge is 0.351 e. The van der Waals surface area contributed by atoms with Crippen LogP contribution in [-0.4, -0.2) is 44.7 Å². The predicted octanol–water partition coefficient (Wildman–Crippen LogP) is -1.95. The number of aliphatic hydroxyl groups excluding tert-OH is 2. The highest BCUT2D eigenvalue weighted by Crippen LogP contribution is 2.28. The van der Waals surface area contributed by atoms with Gasteiger partial charge in [-0.05, 0) is 6.07 Å². The lowest BCUT2D eigenvalue weighted by atomic mass is 10.1. The second-order valence-corrected chi connectivity index (χ2v) is 4.02. The highest BCUT2D eigenvalue weighted by atomic mass is 16.6. The van der Waals surface area contributed by atoms with E-state index >= 15 is 0 Å². The molecule has 0 bridgehead atoms. The topological polar surface area (TPSA) is 120 Å². The Morgan fingerprint density at radius 3 is 2.95 bits per heavy atom. The minimum absolute atomic E-state index is 0.0569. The van der Waals surface area contributed by atoms with E-state index in [1.807, 2.05) is 6.11 Å². The van der Waals surface area contributed by atoms with Gasteiger partial charge in [0.1, 0.15) is 36.8 Å². The summed E-state index contributed by atoms with van der Waals surface area (Å²) in [5.41, 5.74) is 4.68. The number of rotatable bonds is 3. The molecule has 0 amide bonds. The lowest BCUT2D eigenvalue weighted by molar-refractivity contribution is -0.0548. The molecule has 1 aliphatic heterocycles. The van der Waals surface area contributed by atoms with Crippen molar-refractivity contribution in [2.45, 2.75) is 24.5 Å². The first-order chi connectivity index (χ1) is 9.04. The van der Waals surface area contributed by atoms with Gasteiger partial charge in [0.05, 0.1) is 0 Å². The molecule has 4 atom stereocenters. The molecule has 0 unspecified atom stereocenters. The molecule has 0 radical (unpaired) electrons. The number of ether oxygens (including phenoxy) is 2. The van der Waals surface area contributed by atoms with Crippen LogP contribution in [-0.2, 0) is 9.47 Å². The molecule has 8 nitrogen and oxygen atoms in total. The Bertz CT molecular complexity index is 552. The zero-order valence-electron chi connectivity index (χ0n) is 9.84. The number of aliphatic hydroxyl groups is 2. The first kappa shape index (κ1) is 13.4. The Hall–Kier alpha value is -2.08. The lowest BCUT2D eigenvalue weighted by Gasteiger charge is -2.16. The fourth-order valence-electron chi connectivity index (χ4n) is 1.85. The van der Waals surface area contributed by atoms with Gasteiger partial charge in [-0.3, -0.25) is 4.57 Å². The molecular formula is C11H13N3O5. The first-order valence-corrected chi connectivity index (χ1v) is 5.48. The lowest BCUT2D eigenvalue weighted by Crippen LogP contribution is -2.36. The third kappa shape index (κ3) is 2.53. The number of nitrogens with zero attached hydrogens (tertiary/aromatic N) is 2. The summed E-state index contributed by atoms with van der Waals surface area (Å²) in [6.07, 6.45) is 3.77. The second-order valence-electron chi connectivity index (χ2n) is 4.02. The van der Waals surface area contributed by atoms with Gasteiger partial charge in [-0.2, -0.15) is 4.98 Å². The SMILES string of the molecule is C#COC[C@H]1O[C@@H](n2ccc(N)nc2=O)[C@@H](O)[C@@H]1O. The Balaban J connectivity index is 2.22. The summed E-state index contributed by atoms with van der Waals surface area (Å²) in [5, 5.41) is 19.7. The Morgan fingerprint density at radius 1 is 1.58 bits per heavy atom. The monoisotopic (exact) mass is 267 g/mol. The van der Waals surface area contributed by atoms with E-state index in [2.05, 4.69) is 9.72 Å². The second kappa shape index (κ2) is 5.27. The van der Waals surface area contributed by atoms with Crippen molar-refractivity contribution in [1.29, 1.82) is 0 Å². The van der Waals surface area contributed by atoms with Gasteiger partial charge in [-0.25, -0.2) is 4.79 Å². The molecule has 4 N–H and O–H groups in total. The average Bonchev–Trinajstić information content (AvgIpc) is 2.64. The van der Waals surface area contributed by atoms with E-state index in [0.29, 0.717) is 0 Å². The van der Waals surface area contributed by atoms with Crippen LogP contribution in [0, 0.1) is 12.5 Å². The number of nitrogen functional groups attached to an aromatic ring is 1. The number of nitrogens with two attached hydrogens (primary N) is 1. The van der Waals surface area contributed by atoms with Crippen molar-refractivity contribution in [1.82, 2.24) is 9.55 Å². The van der Waals surface area contributed by atoms with Crippen LogP contribution >= 0.6 is 0 Å². The summed E-state index contributed by atoms with van der Waals surface area (Å²) in [7, 11) is 0. The van der Waals surface area contributed by atoms with Gasteiger partial charge in [0.2, 0.25) is 0 Å². The highest BCUT2D eigenvalue weighted by Gasteiger charge is 2.44. The molecule has 1 aromatic rings. The number of terminal acetylenes is 1. The van der Waals surface area contributed by atoms with Crippen LogP contribution < -0.4 is 11.4 Å². The van der Waals surface area contributed by atoms with E-state index in [9.17, 15) is 15.0 Å². The third-order valence-corrected chi connectivity index (χ3v) is 2.79. The quantitative estimate of drug-likeness (QED) is 0.544. The number of aromatic nitrogens is 2. The zero-order chi connectivity index (χ0) is 14.0. The van der Waals surface area contributed by atoms with Gasteiger partial charge >= 0.3 is 5.69 Å². The molecule has 0 spiro atoms. The molecule has 2 heterocycles. The predicted molar refractivity (Wildman–Crippen MR) is 63.6 cm³/mol. The van der Waals surface area contributed by atoms with Gasteiger partial charge < -0.3 is 25.4 Å². The van der Waals surface area contributed by atoms with Crippen LogP contribution in [0.3, 0.4) is 0 Å². The van der Waals surface area contributed by atoms with Crippen LogP contribution in [0.2, 0.25) is 0 Å². The molecule has 19 heavy (non-hydrogen) atoms. The van der Waals surface area contributed by atoms with E-state index in [1.165, 1.54) is 12.3 Å². The molecule has 0 aromatic carbocycles. The molecular weight excluding hydrogens is 254 g/mol. The van der Waals surface area contributed by atoms with E-state index in [-0.39, 0.29) is 12.4 Å². The van der Waals surface area contributed by atoms with Crippen molar-refractivity contribution in [3.05, 3.63) is 22.7 Å². The summed E-state index contributed by atoms with van der Waals surface area (Å²) in [6.45, 7) is -0.0949. The van der Waals surface area contributed by atoms with Crippen molar-refractivity contribution in [3.8, 4) is 12.5 Å². The fraction of sp³-hybridized carbons (Fsp3) is 0.455. The molecule has 2 rings (SSSR count). The van der Waals surface area contributed by atoms with Crippen LogP contribution in [0.25, 0.3) is 0 Å². The van der Waals surface area contributed by atoms with Crippen molar-refractivity contribution < 1.29 is 19.7 Å². The summed E-state index contributed by atoms with van der Waals surface area (Å²) < 4.78 is 11.1. The molecule has 102 valence electrons. The molecule has 0 aliphatic carbocycles. The molecule has 1 aromatic heterocycles. The van der Waals surface area contributed by atoms with Crippen LogP contribution in [0.4, 0.5) is 5.82 Å². The van der Waals surface area contributed by atoms with Crippen LogP contribution in [0.5, 0.6) is 0 Å². The maximum absolute atomic E-state index is 11.6. The van der Waals surface area contributed by atoms with Crippen molar-refractivity contribution >= 4 is 5.82 Å². The van der Waals surface area contributed by atoms with Crippen molar-refractivity contribution in [2.75, 3.05) is 12.3 Å². The fourth-order valence-corrected chi connectivity index (χ4v) is 1.85. The minimum atomic E-state index is -1.30. The zero-order valence-corrected chi connectivity index (χ0v) is 9.84. The van der Waals surface area contributed by atoms with Crippen molar-refractivity contribution in [3.63, 3.8) is 0 Å². The number of hydrogen-bond donors (Lipinski definition) is 3. The highest BCUT2D eigenvalue weighted by molar-refractivity contribution is 5.23.